The summed E-state index contributed by atoms with van der Waals surface area (Å²) in [5.74, 6) is 0.708. The number of H-pyrrole nitrogens is 1. The van der Waals surface area contributed by atoms with Crippen LogP contribution in [0.5, 0.6) is 0 Å². The molecule has 1 amide bonds. The number of rotatable bonds is 2. The quantitative estimate of drug-likeness (QED) is 0.767. The lowest BCUT2D eigenvalue weighted by atomic mass is 9.84. The second-order valence-corrected chi connectivity index (χ2v) is 7.70. The van der Waals surface area contributed by atoms with Gasteiger partial charge in [-0.25, -0.2) is 0 Å². The van der Waals surface area contributed by atoms with E-state index in [1.807, 2.05) is 18.2 Å². The van der Waals surface area contributed by atoms with Gasteiger partial charge in [-0.15, -0.1) is 0 Å². The maximum absolute atomic E-state index is 13.2. The molecule has 5 rings (SSSR count). The van der Waals surface area contributed by atoms with Crippen LogP contribution in [-0.2, 0) is 0 Å². The van der Waals surface area contributed by atoms with E-state index in [-0.39, 0.29) is 5.91 Å². The number of hydrogen-bond acceptors (Lipinski definition) is 3. The summed E-state index contributed by atoms with van der Waals surface area (Å²) in [6, 6.07) is 15.2. The minimum absolute atomic E-state index is 0.143. The van der Waals surface area contributed by atoms with Gasteiger partial charge in [0.1, 0.15) is 11.0 Å². The monoisotopic (exact) mass is 346 g/mol. The predicted molar refractivity (Wildman–Crippen MR) is 100 cm³/mol. The van der Waals surface area contributed by atoms with Crippen molar-refractivity contribution in [3.63, 3.8) is 0 Å². The van der Waals surface area contributed by atoms with Crippen molar-refractivity contribution in [1.82, 2.24) is 20.3 Å². The highest BCUT2D eigenvalue weighted by Crippen LogP contribution is 2.43. The first kappa shape index (κ1) is 15.6. The lowest BCUT2D eigenvalue weighted by Crippen LogP contribution is -2.46. The number of amides is 1. The zero-order chi connectivity index (χ0) is 17.7. The second-order valence-electron chi connectivity index (χ2n) is 7.70. The topological polar surface area (TPSA) is 61.9 Å². The summed E-state index contributed by atoms with van der Waals surface area (Å²) >= 11 is 0. The summed E-state index contributed by atoms with van der Waals surface area (Å²) in [5.41, 5.74) is 4.98. The van der Waals surface area contributed by atoms with Crippen LogP contribution in [0.15, 0.2) is 42.5 Å². The van der Waals surface area contributed by atoms with Crippen LogP contribution in [0.2, 0.25) is 0 Å². The molecule has 3 aromatic rings. The number of carbonyl (C=O) groups is 1. The van der Waals surface area contributed by atoms with Crippen molar-refractivity contribution in [2.75, 3.05) is 0 Å². The molecule has 1 aromatic heterocycles. The van der Waals surface area contributed by atoms with E-state index in [2.05, 4.69) is 51.5 Å². The van der Waals surface area contributed by atoms with E-state index in [0.717, 1.165) is 42.3 Å². The van der Waals surface area contributed by atoms with Crippen LogP contribution in [0, 0.1) is 6.92 Å². The molecule has 5 heteroatoms. The summed E-state index contributed by atoms with van der Waals surface area (Å²) < 4.78 is 0. The van der Waals surface area contributed by atoms with Crippen LogP contribution < -0.4 is 0 Å². The van der Waals surface area contributed by atoms with E-state index in [9.17, 15) is 4.79 Å². The molecule has 2 aromatic carbocycles. The highest BCUT2D eigenvalue weighted by Gasteiger charge is 2.43. The molecule has 0 aliphatic carbocycles. The zero-order valence-corrected chi connectivity index (χ0v) is 14.9. The summed E-state index contributed by atoms with van der Waals surface area (Å²) in [5, 5.41) is 10.8. The highest BCUT2D eigenvalue weighted by molar-refractivity contribution is 5.97. The molecule has 3 atom stereocenters. The van der Waals surface area contributed by atoms with Crippen molar-refractivity contribution in [3.8, 4) is 0 Å². The number of piperidine rings is 1. The lowest BCUT2D eigenvalue weighted by molar-refractivity contribution is 0.0571. The molecule has 26 heavy (non-hydrogen) atoms. The minimum Gasteiger partial charge on any atom is -0.333 e. The molecule has 0 spiro atoms. The van der Waals surface area contributed by atoms with Crippen LogP contribution in [0.25, 0.3) is 11.0 Å². The van der Waals surface area contributed by atoms with Crippen LogP contribution in [0.4, 0.5) is 0 Å². The Morgan fingerprint density at radius 1 is 1.00 bits per heavy atom. The summed E-state index contributed by atoms with van der Waals surface area (Å²) in [7, 11) is 0. The van der Waals surface area contributed by atoms with Gasteiger partial charge >= 0.3 is 0 Å². The number of hydrogen-bond donors (Lipinski definition) is 1. The Labute approximate surface area is 152 Å². The third-order valence-electron chi connectivity index (χ3n) is 6.08. The third-order valence-corrected chi connectivity index (χ3v) is 6.08. The van der Waals surface area contributed by atoms with Gasteiger partial charge in [0.05, 0.1) is 0 Å². The first-order chi connectivity index (χ1) is 12.7. The molecule has 2 bridgehead atoms. The maximum Gasteiger partial charge on any atom is 0.254 e. The van der Waals surface area contributed by atoms with E-state index in [1.54, 1.807) is 0 Å². The van der Waals surface area contributed by atoms with E-state index in [0.29, 0.717) is 18.0 Å². The largest absolute Gasteiger partial charge is 0.333 e. The van der Waals surface area contributed by atoms with Crippen LogP contribution in [0.1, 0.15) is 53.1 Å². The van der Waals surface area contributed by atoms with Gasteiger partial charge in [-0.1, -0.05) is 29.8 Å². The van der Waals surface area contributed by atoms with Gasteiger partial charge in [-0.3, -0.25) is 4.79 Å². The molecule has 2 saturated heterocycles. The Hall–Kier alpha value is -2.69. The van der Waals surface area contributed by atoms with Gasteiger partial charge in [0.15, 0.2) is 0 Å². The molecular weight excluding hydrogens is 324 g/mol. The van der Waals surface area contributed by atoms with E-state index in [4.69, 9.17) is 0 Å². The van der Waals surface area contributed by atoms with Gasteiger partial charge < -0.3 is 4.90 Å². The fraction of sp³-hybridized carbons (Fsp3) is 0.381. The molecule has 132 valence electrons. The average Bonchev–Trinajstić information content (AvgIpc) is 3.23. The minimum atomic E-state index is 0.143. The van der Waals surface area contributed by atoms with Crippen LogP contribution >= 0.6 is 0 Å². The predicted octanol–water partition coefficient (Wildman–Crippen LogP) is 3.82. The maximum atomic E-state index is 13.2. The molecule has 1 unspecified atom stereocenters. The molecule has 0 radical (unpaired) electrons. The molecule has 2 fully saturated rings. The Kier molecular flexibility index (Phi) is 3.55. The van der Waals surface area contributed by atoms with Crippen molar-refractivity contribution < 1.29 is 4.79 Å². The molecule has 0 saturated carbocycles. The fourth-order valence-electron chi connectivity index (χ4n) is 4.74. The van der Waals surface area contributed by atoms with Crippen LogP contribution in [-0.4, -0.2) is 38.3 Å². The molecular formula is C21H22N4O. The zero-order valence-electron chi connectivity index (χ0n) is 14.9. The number of nitrogens with one attached hydrogen (secondary N) is 1. The standard InChI is InChI=1S/C21H22N4O/c1-13-2-4-14(5-3-13)16-10-17-7-8-18(11-16)25(17)21(26)15-6-9-19-20(12-15)23-24-22-19/h2-6,9,12,16-18H,7-8,10-11H2,1H3,(H,22,23,24)/t16?,17-,18+. The summed E-state index contributed by atoms with van der Waals surface area (Å²) in [6.07, 6.45) is 4.37. The van der Waals surface area contributed by atoms with Gasteiger partial charge in [-0.05, 0) is 62.3 Å². The second kappa shape index (κ2) is 5.94. The number of nitrogens with zero attached hydrogens (tertiary/aromatic N) is 3. The van der Waals surface area contributed by atoms with E-state index in [1.165, 1.54) is 11.1 Å². The van der Waals surface area contributed by atoms with Gasteiger partial charge in [-0.2, -0.15) is 15.4 Å². The Morgan fingerprint density at radius 3 is 2.42 bits per heavy atom. The molecule has 5 nitrogen and oxygen atoms in total. The summed E-state index contributed by atoms with van der Waals surface area (Å²) in [6.45, 7) is 2.13. The normalized spacial score (nSPS) is 25.0. The molecule has 3 heterocycles. The van der Waals surface area contributed by atoms with Gasteiger partial charge in [0.25, 0.3) is 5.91 Å². The first-order valence-electron chi connectivity index (χ1n) is 9.39. The van der Waals surface area contributed by atoms with Crippen molar-refractivity contribution in [2.45, 2.75) is 50.6 Å². The van der Waals surface area contributed by atoms with Gasteiger partial charge in [0, 0.05) is 17.6 Å². The average molecular weight is 346 g/mol. The number of fused-ring (bicyclic) bond motifs is 3. The Balaban J connectivity index is 1.39. The van der Waals surface area contributed by atoms with Crippen molar-refractivity contribution in [3.05, 3.63) is 59.2 Å². The van der Waals surface area contributed by atoms with E-state index >= 15 is 0 Å². The van der Waals surface area contributed by atoms with E-state index < -0.39 is 0 Å². The molecule has 2 aliphatic rings. The van der Waals surface area contributed by atoms with Crippen molar-refractivity contribution in [2.24, 2.45) is 0 Å². The van der Waals surface area contributed by atoms with Crippen LogP contribution in [0.3, 0.4) is 0 Å². The highest BCUT2D eigenvalue weighted by atomic mass is 16.2. The number of aryl methyl sites for hydroxylation is 1. The molecule has 2 aliphatic heterocycles. The number of aromatic amines is 1. The third kappa shape index (κ3) is 2.50. The molecule has 1 N–H and O–H groups in total. The fourth-order valence-corrected chi connectivity index (χ4v) is 4.74. The van der Waals surface area contributed by atoms with Crippen molar-refractivity contribution in [1.29, 1.82) is 0 Å². The number of aromatic nitrogens is 3. The van der Waals surface area contributed by atoms with Gasteiger partial charge in [0.2, 0.25) is 0 Å². The SMILES string of the molecule is Cc1ccc(C2C[C@H]3CC[C@@H](C2)N3C(=O)c2ccc3n[nH]nc3c2)cc1. The smallest absolute Gasteiger partial charge is 0.254 e. The van der Waals surface area contributed by atoms with Crippen molar-refractivity contribution >= 4 is 16.9 Å². The lowest BCUT2D eigenvalue weighted by Gasteiger charge is -2.39. The Morgan fingerprint density at radius 2 is 1.69 bits per heavy atom. The first-order valence-corrected chi connectivity index (χ1v) is 9.39. The number of carbonyl (C=O) groups excluding carboxylic acids is 1. The Bertz CT molecular complexity index is 948. The summed E-state index contributed by atoms with van der Waals surface area (Å²) in [4.78, 5) is 15.3. The number of benzene rings is 2.